The van der Waals surface area contributed by atoms with E-state index in [1.807, 2.05) is 0 Å². The molecule has 0 heterocycles. The molecule has 130 valence electrons. The summed E-state index contributed by atoms with van der Waals surface area (Å²) in [5.74, 6) is 1.73. The molecule has 0 saturated heterocycles. The van der Waals surface area contributed by atoms with Crippen molar-refractivity contribution in [2.24, 2.45) is 34.0 Å². The van der Waals surface area contributed by atoms with Gasteiger partial charge in [0.15, 0.2) is 0 Å². The molecular weight excluding hydrogens is 284 g/mol. The van der Waals surface area contributed by atoms with Crippen molar-refractivity contribution >= 4 is 5.97 Å². The Bertz CT molecular complexity index is 532. The predicted octanol–water partition coefficient (Wildman–Crippen LogP) is 5.37. The van der Waals surface area contributed by atoms with Crippen molar-refractivity contribution in [3.8, 4) is 0 Å². The van der Waals surface area contributed by atoms with Crippen molar-refractivity contribution < 1.29 is 9.53 Å². The van der Waals surface area contributed by atoms with Crippen LogP contribution in [0.4, 0.5) is 0 Å². The minimum Gasteiger partial charge on any atom is -0.469 e. The minimum absolute atomic E-state index is 0.0178. The van der Waals surface area contributed by atoms with Gasteiger partial charge in [-0.2, -0.15) is 0 Å². The Balaban J connectivity index is 2.03. The lowest BCUT2D eigenvalue weighted by molar-refractivity contribution is -0.169. The molecule has 2 nitrogen and oxygen atoms in total. The number of rotatable bonds is 1. The van der Waals surface area contributed by atoms with Gasteiger partial charge in [-0.05, 0) is 67.6 Å². The predicted molar refractivity (Wildman–Crippen MR) is 93.9 cm³/mol. The number of fused-ring (bicyclic) bond motifs is 3. The lowest BCUT2D eigenvalue weighted by Gasteiger charge is -2.60. The summed E-state index contributed by atoms with van der Waals surface area (Å²) in [5.41, 5.74) is 1.99. The SMILES string of the molecule is COC(=O)C1(C)CCCC2(C)C3CCC(C)(C)C=C3C(C)CC12. The third-order valence-electron chi connectivity index (χ3n) is 7.62. The number of methoxy groups -OCH3 is 1. The zero-order valence-corrected chi connectivity index (χ0v) is 15.9. The van der Waals surface area contributed by atoms with Crippen LogP contribution in [0.1, 0.15) is 73.1 Å². The van der Waals surface area contributed by atoms with E-state index < -0.39 is 0 Å². The second-order valence-electron chi connectivity index (χ2n) is 9.68. The molecule has 0 aliphatic heterocycles. The molecule has 23 heavy (non-hydrogen) atoms. The van der Waals surface area contributed by atoms with E-state index in [1.165, 1.54) is 19.3 Å². The van der Waals surface area contributed by atoms with Gasteiger partial charge in [0.25, 0.3) is 0 Å². The molecule has 0 aromatic rings. The van der Waals surface area contributed by atoms with Crippen LogP contribution in [0.2, 0.25) is 0 Å². The van der Waals surface area contributed by atoms with Crippen LogP contribution in [-0.4, -0.2) is 13.1 Å². The van der Waals surface area contributed by atoms with E-state index in [0.717, 1.165) is 19.3 Å². The van der Waals surface area contributed by atoms with Gasteiger partial charge in [0, 0.05) is 0 Å². The summed E-state index contributed by atoms with van der Waals surface area (Å²) in [7, 11) is 1.56. The number of esters is 1. The minimum atomic E-state index is -0.297. The average molecular weight is 319 g/mol. The summed E-state index contributed by atoms with van der Waals surface area (Å²) in [6, 6.07) is 0. The molecule has 5 atom stereocenters. The molecule has 3 aliphatic rings. The summed E-state index contributed by atoms with van der Waals surface area (Å²) >= 11 is 0. The van der Waals surface area contributed by atoms with E-state index >= 15 is 0 Å². The molecule has 0 spiro atoms. The quantitative estimate of drug-likeness (QED) is 0.479. The molecule has 0 amide bonds. The third kappa shape index (κ3) is 2.48. The van der Waals surface area contributed by atoms with E-state index in [-0.39, 0.29) is 16.8 Å². The van der Waals surface area contributed by atoms with Gasteiger partial charge in [-0.15, -0.1) is 0 Å². The van der Waals surface area contributed by atoms with Gasteiger partial charge in [-0.3, -0.25) is 4.79 Å². The summed E-state index contributed by atoms with van der Waals surface area (Å²) in [6.45, 7) is 11.8. The summed E-state index contributed by atoms with van der Waals surface area (Å²) < 4.78 is 5.24. The van der Waals surface area contributed by atoms with Crippen LogP contribution in [0.25, 0.3) is 0 Å². The highest BCUT2D eigenvalue weighted by atomic mass is 16.5. The Morgan fingerprint density at radius 3 is 2.52 bits per heavy atom. The van der Waals surface area contributed by atoms with Crippen LogP contribution in [0.15, 0.2) is 11.6 Å². The van der Waals surface area contributed by atoms with Crippen molar-refractivity contribution in [3.05, 3.63) is 11.6 Å². The zero-order chi connectivity index (χ0) is 17.0. The maximum atomic E-state index is 12.6. The fourth-order valence-corrected chi connectivity index (χ4v) is 6.33. The molecule has 2 saturated carbocycles. The van der Waals surface area contributed by atoms with Crippen molar-refractivity contribution in [3.63, 3.8) is 0 Å². The lowest BCUT2D eigenvalue weighted by Crippen LogP contribution is -2.55. The van der Waals surface area contributed by atoms with Gasteiger partial charge in [-0.25, -0.2) is 0 Å². The number of carbonyl (C=O) groups excluding carboxylic acids is 1. The van der Waals surface area contributed by atoms with Gasteiger partial charge >= 0.3 is 5.97 Å². The highest BCUT2D eigenvalue weighted by Crippen LogP contribution is 2.65. The molecule has 0 N–H and O–H groups in total. The molecule has 3 rings (SSSR count). The largest absolute Gasteiger partial charge is 0.469 e. The van der Waals surface area contributed by atoms with Crippen LogP contribution in [-0.2, 0) is 9.53 Å². The van der Waals surface area contributed by atoms with E-state index in [0.29, 0.717) is 23.2 Å². The average Bonchev–Trinajstić information content (AvgIpc) is 2.48. The van der Waals surface area contributed by atoms with Crippen molar-refractivity contribution in [1.82, 2.24) is 0 Å². The van der Waals surface area contributed by atoms with E-state index in [1.54, 1.807) is 12.7 Å². The molecule has 0 bridgehead atoms. The summed E-state index contributed by atoms with van der Waals surface area (Å²) in [6.07, 6.45) is 9.68. The maximum Gasteiger partial charge on any atom is 0.311 e. The molecule has 0 aromatic heterocycles. The first-order chi connectivity index (χ1) is 10.6. The first-order valence-electron chi connectivity index (χ1n) is 9.45. The number of allylic oxidation sites excluding steroid dienone is 2. The second kappa shape index (κ2) is 5.36. The standard InChI is InChI=1S/C21H34O2/c1-14-12-17-20(4,9-7-10-21(17,5)18(22)23-6)16-8-11-19(2,3)13-15(14)16/h13-14,16-17H,7-12H2,1-6H3. The summed E-state index contributed by atoms with van der Waals surface area (Å²) in [5, 5.41) is 0. The van der Waals surface area contributed by atoms with Crippen LogP contribution >= 0.6 is 0 Å². The fourth-order valence-electron chi connectivity index (χ4n) is 6.33. The number of hydrogen-bond acceptors (Lipinski definition) is 2. The van der Waals surface area contributed by atoms with Crippen LogP contribution < -0.4 is 0 Å². The van der Waals surface area contributed by atoms with E-state index in [4.69, 9.17) is 4.74 Å². The summed E-state index contributed by atoms with van der Waals surface area (Å²) in [4.78, 5) is 12.6. The van der Waals surface area contributed by atoms with Gasteiger partial charge in [0.1, 0.15) is 0 Å². The molecule has 0 radical (unpaired) electrons. The normalized spacial score (nSPS) is 45.5. The first kappa shape index (κ1) is 17.0. The van der Waals surface area contributed by atoms with Crippen LogP contribution in [0.5, 0.6) is 0 Å². The van der Waals surface area contributed by atoms with Crippen molar-refractivity contribution in [2.75, 3.05) is 7.11 Å². The molecule has 0 aromatic carbocycles. The van der Waals surface area contributed by atoms with E-state index in [9.17, 15) is 4.79 Å². The van der Waals surface area contributed by atoms with Gasteiger partial charge in [0.05, 0.1) is 12.5 Å². The van der Waals surface area contributed by atoms with Crippen LogP contribution in [0, 0.1) is 34.0 Å². The Kier molecular flexibility index (Phi) is 3.97. The second-order valence-corrected chi connectivity index (χ2v) is 9.68. The molecule has 2 fully saturated rings. The maximum absolute atomic E-state index is 12.6. The van der Waals surface area contributed by atoms with Gasteiger partial charge in [-0.1, -0.05) is 45.8 Å². The van der Waals surface area contributed by atoms with Gasteiger partial charge < -0.3 is 4.74 Å². The lowest BCUT2D eigenvalue weighted by atomic mass is 9.43. The topological polar surface area (TPSA) is 26.3 Å². The Hall–Kier alpha value is -0.790. The van der Waals surface area contributed by atoms with E-state index in [2.05, 4.69) is 40.7 Å². The number of carbonyl (C=O) groups is 1. The highest BCUT2D eigenvalue weighted by molar-refractivity contribution is 5.77. The molecule has 5 unspecified atom stereocenters. The Morgan fingerprint density at radius 2 is 1.87 bits per heavy atom. The van der Waals surface area contributed by atoms with Crippen molar-refractivity contribution in [2.45, 2.75) is 73.1 Å². The number of ether oxygens (including phenoxy) is 1. The smallest absolute Gasteiger partial charge is 0.311 e. The van der Waals surface area contributed by atoms with Crippen molar-refractivity contribution in [1.29, 1.82) is 0 Å². The zero-order valence-electron chi connectivity index (χ0n) is 15.9. The van der Waals surface area contributed by atoms with Crippen LogP contribution in [0.3, 0.4) is 0 Å². The molecular formula is C21H34O2. The van der Waals surface area contributed by atoms with Gasteiger partial charge in [0.2, 0.25) is 0 Å². The fraction of sp³-hybridized carbons (Fsp3) is 0.857. The monoisotopic (exact) mass is 318 g/mol. The molecule has 3 aliphatic carbocycles. The first-order valence-corrected chi connectivity index (χ1v) is 9.45. The Labute approximate surface area is 142 Å². The third-order valence-corrected chi connectivity index (χ3v) is 7.62. The Morgan fingerprint density at radius 1 is 1.17 bits per heavy atom. The highest BCUT2D eigenvalue weighted by Gasteiger charge is 2.59. The molecule has 2 heteroatoms. The number of hydrogen-bond donors (Lipinski definition) is 0.